The second kappa shape index (κ2) is 8.19. The minimum Gasteiger partial charge on any atom is -0.488 e. The summed E-state index contributed by atoms with van der Waals surface area (Å²) in [6.45, 7) is 0.176. The fourth-order valence-electron chi connectivity index (χ4n) is 3.17. The van der Waals surface area contributed by atoms with Crippen LogP contribution in [0.3, 0.4) is 0 Å². The molecule has 8 heteroatoms. The van der Waals surface area contributed by atoms with E-state index in [1.165, 1.54) is 18.2 Å². The first kappa shape index (κ1) is 21.1. The van der Waals surface area contributed by atoms with Crippen molar-refractivity contribution in [3.05, 3.63) is 93.2 Å². The summed E-state index contributed by atoms with van der Waals surface area (Å²) in [4.78, 5) is 12.5. The molecule has 0 spiro atoms. The molecule has 3 aromatic carbocycles. The summed E-state index contributed by atoms with van der Waals surface area (Å²) in [5, 5.41) is 2.48. The molecule has 158 valence electrons. The van der Waals surface area contributed by atoms with E-state index in [0.717, 1.165) is 22.2 Å². The van der Waals surface area contributed by atoms with E-state index in [2.05, 4.69) is 21.2 Å². The third kappa shape index (κ3) is 4.64. The minimum atomic E-state index is -4.50. The molecule has 3 nitrogen and oxygen atoms in total. The predicted molar refractivity (Wildman–Crippen MR) is 113 cm³/mol. The van der Waals surface area contributed by atoms with Gasteiger partial charge in [-0.2, -0.15) is 13.2 Å². The summed E-state index contributed by atoms with van der Waals surface area (Å²) in [5.74, 6) is -0.385. The summed E-state index contributed by atoms with van der Waals surface area (Å²) in [6.07, 6.45) is -2.93. The Labute approximate surface area is 183 Å². The molecule has 0 bridgehead atoms. The van der Waals surface area contributed by atoms with E-state index in [0.29, 0.717) is 16.9 Å². The highest BCUT2D eigenvalue weighted by atomic mass is 79.9. The molecule has 1 aliphatic rings. The average Bonchev–Trinajstić information content (AvgIpc) is 3.02. The monoisotopic (exact) mass is 491 g/mol. The third-order valence-corrected chi connectivity index (χ3v) is 5.20. The van der Waals surface area contributed by atoms with Gasteiger partial charge in [0.25, 0.3) is 5.91 Å². The smallest absolute Gasteiger partial charge is 0.416 e. The van der Waals surface area contributed by atoms with Crippen LogP contribution in [-0.4, -0.2) is 5.91 Å². The van der Waals surface area contributed by atoms with E-state index in [1.54, 1.807) is 36.4 Å². The zero-order valence-electron chi connectivity index (χ0n) is 15.8. The molecule has 0 saturated heterocycles. The molecule has 1 N–H and O–H groups in total. The van der Waals surface area contributed by atoms with Gasteiger partial charge in [0.2, 0.25) is 0 Å². The number of benzene rings is 3. The number of halogens is 5. The van der Waals surface area contributed by atoms with Gasteiger partial charge in [0.15, 0.2) is 0 Å². The first-order valence-corrected chi connectivity index (χ1v) is 9.91. The summed E-state index contributed by atoms with van der Waals surface area (Å²) < 4.78 is 58.6. The first-order chi connectivity index (χ1) is 14.7. The Hall–Kier alpha value is -3.13. The first-order valence-electron chi connectivity index (χ1n) is 9.12. The highest BCUT2D eigenvalue weighted by molar-refractivity contribution is 9.10. The van der Waals surface area contributed by atoms with Crippen LogP contribution in [0.25, 0.3) is 11.6 Å². The third-order valence-electron chi connectivity index (χ3n) is 4.71. The van der Waals surface area contributed by atoms with Crippen molar-refractivity contribution < 1.29 is 27.1 Å². The SMILES string of the molecule is O=C1Nc2cc(C(F)(F)F)ccc2/C1=C/c1cc(Br)ccc1OCc1ccc(F)cc1. The highest BCUT2D eigenvalue weighted by Gasteiger charge is 2.33. The van der Waals surface area contributed by atoms with E-state index >= 15 is 0 Å². The van der Waals surface area contributed by atoms with Crippen LogP contribution < -0.4 is 10.1 Å². The maximum absolute atomic E-state index is 13.1. The molecule has 4 rings (SSSR count). The van der Waals surface area contributed by atoms with Gasteiger partial charge in [0.1, 0.15) is 18.2 Å². The van der Waals surface area contributed by atoms with Gasteiger partial charge in [-0.15, -0.1) is 0 Å². The van der Waals surface area contributed by atoms with Gasteiger partial charge < -0.3 is 10.1 Å². The van der Waals surface area contributed by atoms with Crippen molar-refractivity contribution in [1.82, 2.24) is 0 Å². The summed E-state index contributed by atoms with van der Waals surface area (Å²) in [5.41, 5.74) is 1.20. The zero-order chi connectivity index (χ0) is 22.2. The van der Waals surface area contributed by atoms with E-state index in [9.17, 15) is 22.4 Å². The number of ether oxygens (including phenoxy) is 1. The largest absolute Gasteiger partial charge is 0.488 e. The van der Waals surface area contributed by atoms with Crippen LogP contribution in [-0.2, 0) is 17.6 Å². The standard InChI is InChI=1S/C23H14BrF4NO2/c24-16-4-8-21(31-12-13-1-5-17(25)6-2-13)14(9-16)10-19-18-7-3-15(23(26,27)28)11-20(18)29-22(19)30/h1-11H,12H2,(H,29,30)/b19-10-. The van der Waals surface area contributed by atoms with Crippen LogP contribution in [0.15, 0.2) is 65.1 Å². The number of anilines is 1. The van der Waals surface area contributed by atoms with Gasteiger partial charge in [-0.3, -0.25) is 4.79 Å². The number of rotatable bonds is 4. The molecule has 1 heterocycles. The molecular formula is C23H14BrF4NO2. The highest BCUT2D eigenvalue weighted by Crippen LogP contribution is 2.39. The molecule has 0 aromatic heterocycles. The lowest BCUT2D eigenvalue weighted by atomic mass is 10.0. The van der Waals surface area contributed by atoms with Gasteiger partial charge >= 0.3 is 6.18 Å². The average molecular weight is 492 g/mol. The molecule has 0 unspecified atom stereocenters. The Morgan fingerprint density at radius 3 is 2.45 bits per heavy atom. The second-order valence-electron chi connectivity index (χ2n) is 6.87. The lowest BCUT2D eigenvalue weighted by Gasteiger charge is -2.11. The van der Waals surface area contributed by atoms with Crippen molar-refractivity contribution in [3.8, 4) is 5.75 Å². The van der Waals surface area contributed by atoms with Crippen LogP contribution in [0, 0.1) is 5.82 Å². The number of alkyl halides is 3. The van der Waals surface area contributed by atoms with Crippen LogP contribution in [0.1, 0.15) is 22.3 Å². The Bertz CT molecular complexity index is 1190. The predicted octanol–water partition coefficient (Wildman–Crippen LogP) is 6.68. The molecule has 3 aromatic rings. The van der Waals surface area contributed by atoms with Gasteiger partial charge in [0.05, 0.1) is 5.56 Å². The molecule has 0 saturated carbocycles. The van der Waals surface area contributed by atoms with Crippen LogP contribution >= 0.6 is 15.9 Å². The lowest BCUT2D eigenvalue weighted by molar-refractivity contribution is -0.137. The van der Waals surface area contributed by atoms with Crippen LogP contribution in [0.5, 0.6) is 5.75 Å². The van der Waals surface area contributed by atoms with Crippen molar-refractivity contribution in [3.63, 3.8) is 0 Å². The molecule has 1 aliphatic heterocycles. The molecule has 0 fully saturated rings. The lowest BCUT2D eigenvalue weighted by Crippen LogP contribution is -2.06. The molecular weight excluding hydrogens is 478 g/mol. The van der Waals surface area contributed by atoms with Crippen molar-refractivity contribution >= 4 is 39.2 Å². The molecule has 0 aliphatic carbocycles. The summed E-state index contributed by atoms with van der Waals surface area (Å²) in [7, 11) is 0. The number of fused-ring (bicyclic) bond motifs is 1. The number of amides is 1. The molecule has 0 atom stereocenters. The Balaban J connectivity index is 1.66. The topological polar surface area (TPSA) is 38.3 Å². The van der Waals surface area contributed by atoms with E-state index in [1.807, 2.05) is 0 Å². The fourth-order valence-corrected chi connectivity index (χ4v) is 3.55. The molecule has 1 amide bonds. The van der Waals surface area contributed by atoms with Gasteiger partial charge in [0, 0.05) is 26.9 Å². The summed E-state index contributed by atoms with van der Waals surface area (Å²) >= 11 is 3.38. The molecule has 0 radical (unpaired) electrons. The van der Waals surface area contributed by atoms with Gasteiger partial charge in [-0.25, -0.2) is 4.39 Å². The number of hydrogen-bond acceptors (Lipinski definition) is 2. The number of nitrogens with one attached hydrogen (secondary N) is 1. The Morgan fingerprint density at radius 2 is 1.74 bits per heavy atom. The van der Waals surface area contributed by atoms with E-state index in [-0.39, 0.29) is 23.7 Å². The Morgan fingerprint density at radius 1 is 1.00 bits per heavy atom. The Kier molecular flexibility index (Phi) is 5.58. The zero-order valence-corrected chi connectivity index (χ0v) is 17.4. The van der Waals surface area contributed by atoms with Crippen LogP contribution in [0.2, 0.25) is 0 Å². The minimum absolute atomic E-state index is 0.106. The van der Waals surface area contributed by atoms with Crippen molar-refractivity contribution in [1.29, 1.82) is 0 Å². The summed E-state index contributed by atoms with van der Waals surface area (Å²) in [6, 6.07) is 14.2. The van der Waals surface area contributed by atoms with Crippen molar-refractivity contribution in [2.24, 2.45) is 0 Å². The molecule has 31 heavy (non-hydrogen) atoms. The van der Waals surface area contributed by atoms with E-state index < -0.39 is 17.6 Å². The number of carbonyl (C=O) groups excluding carboxylic acids is 1. The quantitative estimate of drug-likeness (QED) is 0.326. The van der Waals surface area contributed by atoms with Gasteiger partial charge in [-0.05, 0) is 54.1 Å². The van der Waals surface area contributed by atoms with Crippen molar-refractivity contribution in [2.45, 2.75) is 12.8 Å². The van der Waals surface area contributed by atoms with E-state index in [4.69, 9.17) is 4.74 Å². The van der Waals surface area contributed by atoms with Crippen LogP contribution in [0.4, 0.5) is 23.2 Å². The maximum Gasteiger partial charge on any atom is 0.416 e. The number of hydrogen-bond donors (Lipinski definition) is 1. The fraction of sp³-hybridized carbons (Fsp3) is 0.0870. The maximum atomic E-state index is 13.1. The second-order valence-corrected chi connectivity index (χ2v) is 7.78. The van der Waals surface area contributed by atoms with Crippen molar-refractivity contribution in [2.75, 3.05) is 5.32 Å². The normalized spacial score (nSPS) is 14.5. The number of carbonyl (C=O) groups is 1. The van der Waals surface area contributed by atoms with Gasteiger partial charge in [-0.1, -0.05) is 34.1 Å².